The molecule has 0 aromatic heterocycles. The van der Waals surface area contributed by atoms with Crippen molar-refractivity contribution in [3.05, 3.63) is 0 Å². The van der Waals surface area contributed by atoms with E-state index in [1.54, 1.807) is 0 Å². The van der Waals surface area contributed by atoms with Crippen molar-refractivity contribution >= 4 is 11.9 Å². The van der Waals surface area contributed by atoms with E-state index in [0.717, 1.165) is 19.3 Å². The Labute approximate surface area is 200 Å². The van der Waals surface area contributed by atoms with E-state index in [2.05, 4.69) is 11.7 Å². The summed E-state index contributed by atoms with van der Waals surface area (Å²) < 4.78 is 25.5. The van der Waals surface area contributed by atoms with Gasteiger partial charge in [-0.05, 0) is 13.3 Å². The van der Waals surface area contributed by atoms with Crippen LogP contribution in [0.5, 0.6) is 0 Å². The molecule has 8 nitrogen and oxygen atoms in total. The van der Waals surface area contributed by atoms with E-state index in [1.165, 1.54) is 59.0 Å². The van der Waals surface area contributed by atoms with Crippen LogP contribution in [0.1, 0.15) is 84.5 Å². The zero-order valence-electron chi connectivity index (χ0n) is 21.2. The minimum absolute atomic E-state index is 0.353. The Hall–Kier alpha value is -1.22. The number of carboxylic acid groups (broad SMARTS) is 1. The van der Waals surface area contributed by atoms with Gasteiger partial charge in [-0.15, -0.1) is 0 Å². The molecule has 1 atom stereocenters. The lowest BCUT2D eigenvalue weighted by molar-refractivity contribution is -0.166. The highest BCUT2D eigenvalue weighted by atomic mass is 16.6. The summed E-state index contributed by atoms with van der Waals surface area (Å²) in [5.41, 5.74) is -1.39. The van der Waals surface area contributed by atoms with Crippen LogP contribution in [-0.4, -0.2) is 77.0 Å². The van der Waals surface area contributed by atoms with Crippen molar-refractivity contribution in [3.63, 3.8) is 0 Å². The number of ether oxygens (including phenoxy) is 5. The van der Waals surface area contributed by atoms with Gasteiger partial charge in [0.25, 0.3) is 0 Å². The fourth-order valence-electron chi connectivity index (χ4n) is 3.37. The molecule has 0 aromatic rings. The average Bonchev–Trinajstić information content (AvgIpc) is 2.80. The van der Waals surface area contributed by atoms with Gasteiger partial charge in [0, 0.05) is 0 Å². The van der Waals surface area contributed by atoms with Crippen LogP contribution in [0.2, 0.25) is 0 Å². The fourth-order valence-corrected chi connectivity index (χ4v) is 3.37. The van der Waals surface area contributed by atoms with Gasteiger partial charge < -0.3 is 28.8 Å². The van der Waals surface area contributed by atoms with Gasteiger partial charge in [0.05, 0.1) is 60.0 Å². The zero-order valence-corrected chi connectivity index (χ0v) is 21.2. The lowest BCUT2D eigenvalue weighted by atomic mass is 9.84. The minimum Gasteiger partial charge on any atom is -0.480 e. The number of methoxy groups -OCH3 is 1. The van der Waals surface area contributed by atoms with Crippen LogP contribution in [0.25, 0.3) is 0 Å². The van der Waals surface area contributed by atoms with Gasteiger partial charge >= 0.3 is 11.9 Å². The smallest absolute Gasteiger partial charge is 0.322 e. The molecule has 8 heteroatoms. The first-order valence-corrected chi connectivity index (χ1v) is 12.6. The summed E-state index contributed by atoms with van der Waals surface area (Å²) in [5, 5.41) is 9.18. The number of unbranched alkanes of at least 4 members (excludes halogenated alkanes) is 9. The molecule has 0 aliphatic carbocycles. The van der Waals surface area contributed by atoms with Crippen LogP contribution in [0, 0.1) is 5.41 Å². The third-order valence-corrected chi connectivity index (χ3v) is 5.63. The van der Waals surface area contributed by atoms with Gasteiger partial charge in [-0.3, -0.25) is 9.59 Å². The zero-order chi connectivity index (χ0) is 24.6. The van der Waals surface area contributed by atoms with Crippen molar-refractivity contribution in [2.24, 2.45) is 5.41 Å². The Bertz CT molecular complexity index is 428. The Morgan fingerprint density at radius 2 is 1.03 bits per heavy atom. The first-order valence-electron chi connectivity index (χ1n) is 12.6. The van der Waals surface area contributed by atoms with E-state index in [0.29, 0.717) is 59.3 Å². The largest absolute Gasteiger partial charge is 0.480 e. The molecule has 1 heterocycles. The predicted molar refractivity (Wildman–Crippen MR) is 127 cm³/mol. The maximum absolute atomic E-state index is 11.6. The summed E-state index contributed by atoms with van der Waals surface area (Å²) in [5.74, 6) is -1.74. The number of carbonyl (C=O) groups excluding carboxylic acids is 1. The molecule has 1 saturated heterocycles. The molecule has 1 aliphatic heterocycles. The predicted octanol–water partition coefficient (Wildman–Crippen LogP) is 4.63. The molecular formula is C25H48O8. The van der Waals surface area contributed by atoms with E-state index in [-0.39, 0.29) is 0 Å². The average molecular weight is 477 g/mol. The normalized spacial score (nSPS) is 17.4. The number of carboxylic acids is 1. The second-order valence-electron chi connectivity index (χ2n) is 8.51. The van der Waals surface area contributed by atoms with E-state index in [1.807, 2.05) is 0 Å². The standard InChI is InChI=1S/C17H32O4.C8H16O4/c1-4-5-6-7-8-9-10-11-12-13-14-17(2,15(18)19)16(20)21-3;1-2-10-5-6-12-8-7-11-4-3-9-1/h4-14H2,1-3H3,(H,18,19);1-8H2. The maximum Gasteiger partial charge on any atom is 0.322 e. The van der Waals surface area contributed by atoms with E-state index in [9.17, 15) is 14.7 Å². The lowest BCUT2D eigenvalue weighted by Crippen LogP contribution is -2.37. The summed E-state index contributed by atoms with van der Waals surface area (Å²) >= 11 is 0. The number of rotatable bonds is 13. The van der Waals surface area contributed by atoms with Crippen molar-refractivity contribution in [2.45, 2.75) is 84.5 Å². The van der Waals surface area contributed by atoms with Crippen LogP contribution < -0.4 is 0 Å². The first-order chi connectivity index (χ1) is 16.0. The molecule has 1 fully saturated rings. The van der Waals surface area contributed by atoms with E-state index in [4.69, 9.17) is 18.9 Å². The number of hydrogen-bond acceptors (Lipinski definition) is 7. The fraction of sp³-hybridized carbons (Fsp3) is 0.920. The molecule has 196 valence electrons. The number of aliphatic carboxylic acids is 1. The molecule has 0 radical (unpaired) electrons. The second kappa shape index (κ2) is 22.6. The minimum atomic E-state index is -1.39. The van der Waals surface area contributed by atoms with Crippen LogP contribution in [0.3, 0.4) is 0 Å². The van der Waals surface area contributed by atoms with Crippen molar-refractivity contribution in [3.8, 4) is 0 Å². The summed E-state index contributed by atoms with van der Waals surface area (Å²) in [6.07, 6.45) is 12.3. The Kier molecular flexibility index (Phi) is 21.7. The van der Waals surface area contributed by atoms with Crippen LogP contribution in [0.15, 0.2) is 0 Å². The SMILES string of the molecule is C1COCCOCCOCCO1.CCCCCCCCCCCCC(C)(C(=O)O)C(=O)OC. The molecule has 0 saturated carbocycles. The van der Waals surface area contributed by atoms with Gasteiger partial charge in [-0.2, -0.15) is 0 Å². The molecule has 1 unspecified atom stereocenters. The Morgan fingerprint density at radius 1 is 0.697 bits per heavy atom. The van der Waals surface area contributed by atoms with Gasteiger partial charge in [0.15, 0.2) is 5.41 Å². The van der Waals surface area contributed by atoms with Crippen molar-refractivity contribution in [1.82, 2.24) is 0 Å². The van der Waals surface area contributed by atoms with E-state index < -0.39 is 17.4 Å². The highest BCUT2D eigenvalue weighted by Crippen LogP contribution is 2.27. The molecule has 0 amide bonds. The van der Waals surface area contributed by atoms with Crippen molar-refractivity contribution in [2.75, 3.05) is 60.0 Å². The van der Waals surface area contributed by atoms with Crippen molar-refractivity contribution in [1.29, 1.82) is 0 Å². The molecule has 0 aromatic carbocycles. The summed E-state index contributed by atoms with van der Waals surface area (Å²) in [6, 6.07) is 0. The van der Waals surface area contributed by atoms with Crippen LogP contribution in [0.4, 0.5) is 0 Å². The van der Waals surface area contributed by atoms with Gasteiger partial charge in [-0.25, -0.2) is 0 Å². The molecular weight excluding hydrogens is 428 g/mol. The monoisotopic (exact) mass is 476 g/mol. The van der Waals surface area contributed by atoms with E-state index >= 15 is 0 Å². The Morgan fingerprint density at radius 3 is 1.33 bits per heavy atom. The number of hydrogen-bond donors (Lipinski definition) is 1. The van der Waals surface area contributed by atoms with Crippen LogP contribution in [-0.2, 0) is 33.3 Å². The topological polar surface area (TPSA) is 101 Å². The van der Waals surface area contributed by atoms with Crippen molar-refractivity contribution < 1.29 is 38.4 Å². The Balaban J connectivity index is 0.000000716. The van der Waals surface area contributed by atoms with Gasteiger partial charge in [0.2, 0.25) is 0 Å². The molecule has 0 spiro atoms. The maximum atomic E-state index is 11.6. The molecule has 1 rings (SSSR count). The van der Waals surface area contributed by atoms with Gasteiger partial charge in [-0.1, -0.05) is 71.1 Å². The third kappa shape index (κ3) is 17.9. The highest BCUT2D eigenvalue weighted by Gasteiger charge is 2.41. The first kappa shape index (κ1) is 31.8. The molecule has 1 aliphatic rings. The number of esters is 1. The lowest BCUT2D eigenvalue weighted by Gasteiger charge is -2.21. The molecule has 0 bridgehead atoms. The number of carbonyl (C=O) groups is 2. The van der Waals surface area contributed by atoms with Crippen LogP contribution >= 0.6 is 0 Å². The quantitative estimate of drug-likeness (QED) is 0.233. The molecule has 1 N–H and O–H groups in total. The summed E-state index contributed by atoms with van der Waals surface area (Å²) in [7, 11) is 1.24. The summed E-state index contributed by atoms with van der Waals surface area (Å²) in [6.45, 7) is 8.81. The third-order valence-electron chi connectivity index (χ3n) is 5.63. The highest BCUT2D eigenvalue weighted by molar-refractivity contribution is 5.98. The summed E-state index contributed by atoms with van der Waals surface area (Å²) in [4.78, 5) is 22.8. The molecule has 33 heavy (non-hydrogen) atoms. The second-order valence-corrected chi connectivity index (χ2v) is 8.51. The van der Waals surface area contributed by atoms with Gasteiger partial charge in [0.1, 0.15) is 0 Å².